The van der Waals surface area contributed by atoms with Gasteiger partial charge in [-0.25, -0.2) is 0 Å². The maximum Gasteiger partial charge on any atom is 0.222 e. The van der Waals surface area contributed by atoms with Gasteiger partial charge in [-0.3, -0.25) is 4.79 Å². The van der Waals surface area contributed by atoms with Crippen molar-refractivity contribution in [2.24, 2.45) is 5.92 Å². The van der Waals surface area contributed by atoms with Gasteiger partial charge in [0.05, 0.1) is 6.10 Å². The van der Waals surface area contributed by atoms with Crippen LogP contribution in [0.3, 0.4) is 0 Å². The number of aliphatic hydroxyl groups is 1. The number of carbonyl (C=O) groups is 1. The summed E-state index contributed by atoms with van der Waals surface area (Å²) in [6.07, 6.45) is 5.78. The molecule has 3 unspecified atom stereocenters. The van der Waals surface area contributed by atoms with Crippen molar-refractivity contribution in [3.8, 4) is 0 Å². The monoisotopic (exact) mass is 211 g/mol. The molecule has 15 heavy (non-hydrogen) atoms. The fraction of sp³-hybridized carbons (Fsp3) is 0.917. The number of carbonyl (C=O) groups excluding carboxylic acids is 1. The average Bonchev–Trinajstić information content (AvgIpc) is 2.84. The lowest BCUT2D eigenvalue weighted by atomic mass is 9.94. The summed E-state index contributed by atoms with van der Waals surface area (Å²) in [6.45, 7) is 2.82. The number of hydrogen-bond acceptors (Lipinski definition) is 2. The van der Waals surface area contributed by atoms with E-state index < -0.39 is 0 Å². The highest BCUT2D eigenvalue weighted by Crippen LogP contribution is 2.35. The second kappa shape index (κ2) is 4.52. The average molecular weight is 211 g/mol. The number of rotatable bonds is 2. The predicted molar refractivity (Wildman–Crippen MR) is 58.4 cm³/mol. The van der Waals surface area contributed by atoms with E-state index in [0.29, 0.717) is 18.4 Å². The molecule has 0 radical (unpaired) electrons. The molecule has 2 fully saturated rings. The van der Waals surface area contributed by atoms with Gasteiger partial charge in [0, 0.05) is 24.9 Å². The molecule has 3 atom stereocenters. The maximum absolute atomic E-state index is 11.7. The van der Waals surface area contributed by atoms with Crippen LogP contribution >= 0.6 is 0 Å². The second-order valence-electron chi connectivity index (χ2n) is 4.81. The van der Waals surface area contributed by atoms with Crippen molar-refractivity contribution in [2.45, 2.75) is 57.6 Å². The van der Waals surface area contributed by atoms with E-state index in [1.165, 1.54) is 0 Å². The number of aliphatic hydroxyl groups excluding tert-OH is 1. The Morgan fingerprint density at radius 2 is 2.13 bits per heavy atom. The van der Waals surface area contributed by atoms with Gasteiger partial charge in [0.2, 0.25) is 5.91 Å². The number of nitrogens with zero attached hydrogens (tertiary/aromatic N) is 1. The molecule has 0 bridgehead atoms. The Balaban J connectivity index is 2.04. The summed E-state index contributed by atoms with van der Waals surface area (Å²) < 4.78 is 0. The SMILES string of the molecule is CCC(=O)N1CCCC1C1CCCC1O. The van der Waals surface area contributed by atoms with Crippen LogP contribution in [0.2, 0.25) is 0 Å². The molecule has 0 aromatic carbocycles. The summed E-state index contributed by atoms with van der Waals surface area (Å²) in [5, 5.41) is 9.88. The smallest absolute Gasteiger partial charge is 0.222 e. The van der Waals surface area contributed by atoms with Gasteiger partial charge in [-0.1, -0.05) is 13.3 Å². The third-order valence-corrected chi connectivity index (χ3v) is 3.95. The number of amides is 1. The highest BCUT2D eigenvalue weighted by molar-refractivity contribution is 5.76. The summed E-state index contributed by atoms with van der Waals surface area (Å²) in [7, 11) is 0. The zero-order valence-corrected chi connectivity index (χ0v) is 9.48. The lowest BCUT2D eigenvalue weighted by molar-refractivity contribution is -0.133. The molecule has 0 spiro atoms. The van der Waals surface area contributed by atoms with Crippen molar-refractivity contribution in [2.75, 3.05) is 6.54 Å². The van der Waals surface area contributed by atoms with Crippen molar-refractivity contribution < 1.29 is 9.90 Å². The Morgan fingerprint density at radius 1 is 1.33 bits per heavy atom. The van der Waals surface area contributed by atoms with Gasteiger partial charge < -0.3 is 10.0 Å². The Morgan fingerprint density at radius 3 is 2.73 bits per heavy atom. The van der Waals surface area contributed by atoms with Crippen molar-refractivity contribution in [1.29, 1.82) is 0 Å². The van der Waals surface area contributed by atoms with E-state index in [1.54, 1.807) is 0 Å². The molecule has 3 heteroatoms. The van der Waals surface area contributed by atoms with Gasteiger partial charge in [-0.15, -0.1) is 0 Å². The zero-order chi connectivity index (χ0) is 10.8. The van der Waals surface area contributed by atoms with Crippen molar-refractivity contribution in [3.63, 3.8) is 0 Å². The first kappa shape index (κ1) is 10.9. The summed E-state index contributed by atoms with van der Waals surface area (Å²) in [4.78, 5) is 13.7. The molecular formula is C12H21NO2. The lowest BCUT2D eigenvalue weighted by Crippen LogP contribution is -2.42. The highest BCUT2D eigenvalue weighted by atomic mass is 16.3. The lowest BCUT2D eigenvalue weighted by Gasteiger charge is -2.31. The fourth-order valence-corrected chi connectivity index (χ4v) is 3.17. The molecule has 86 valence electrons. The normalized spacial score (nSPS) is 36.1. The second-order valence-corrected chi connectivity index (χ2v) is 4.81. The minimum Gasteiger partial charge on any atom is -0.393 e. The first-order valence-corrected chi connectivity index (χ1v) is 6.21. The third kappa shape index (κ3) is 2.03. The zero-order valence-electron chi connectivity index (χ0n) is 9.48. The molecule has 1 aliphatic heterocycles. The van der Waals surface area contributed by atoms with Crippen LogP contribution in [0.15, 0.2) is 0 Å². The van der Waals surface area contributed by atoms with Crippen LogP contribution in [-0.2, 0) is 4.79 Å². The quantitative estimate of drug-likeness (QED) is 0.753. The molecule has 2 rings (SSSR count). The third-order valence-electron chi connectivity index (χ3n) is 3.95. The summed E-state index contributed by atoms with van der Waals surface area (Å²) >= 11 is 0. The minimum absolute atomic E-state index is 0.166. The van der Waals surface area contributed by atoms with Crippen LogP contribution in [0.5, 0.6) is 0 Å². The molecular weight excluding hydrogens is 190 g/mol. The maximum atomic E-state index is 11.7. The highest BCUT2D eigenvalue weighted by Gasteiger charge is 2.39. The molecule has 1 amide bonds. The topological polar surface area (TPSA) is 40.5 Å². The molecule has 1 N–H and O–H groups in total. The summed E-state index contributed by atoms with van der Waals surface area (Å²) in [5.41, 5.74) is 0. The molecule has 0 aromatic heterocycles. The largest absolute Gasteiger partial charge is 0.393 e. The van der Waals surface area contributed by atoms with E-state index >= 15 is 0 Å². The minimum atomic E-state index is -0.166. The van der Waals surface area contributed by atoms with Gasteiger partial charge in [0.15, 0.2) is 0 Å². The van der Waals surface area contributed by atoms with Crippen LogP contribution < -0.4 is 0 Å². The molecule has 1 saturated carbocycles. The van der Waals surface area contributed by atoms with Gasteiger partial charge in [-0.05, 0) is 25.7 Å². The van der Waals surface area contributed by atoms with Gasteiger partial charge in [0.25, 0.3) is 0 Å². The van der Waals surface area contributed by atoms with Crippen molar-refractivity contribution >= 4 is 5.91 Å². The number of likely N-dealkylation sites (tertiary alicyclic amines) is 1. The van der Waals surface area contributed by atoms with Crippen LogP contribution in [0, 0.1) is 5.92 Å². The standard InChI is InChI=1S/C12H21NO2/c1-2-12(15)13-8-4-6-10(13)9-5-3-7-11(9)14/h9-11,14H,2-8H2,1H3. The van der Waals surface area contributed by atoms with Crippen molar-refractivity contribution in [3.05, 3.63) is 0 Å². The summed E-state index contributed by atoms with van der Waals surface area (Å²) in [6, 6.07) is 0.329. The van der Waals surface area contributed by atoms with Crippen LogP contribution in [0.25, 0.3) is 0 Å². The molecule has 2 aliphatic rings. The van der Waals surface area contributed by atoms with Crippen molar-refractivity contribution in [1.82, 2.24) is 4.90 Å². The molecule has 1 aliphatic carbocycles. The molecule has 1 saturated heterocycles. The first-order chi connectivity index (χ1) is 7.24. The molecule has 1 heterocycles. The first-order valence-electron chi connectivity index (χ1n) is 6.21. The van der Waals surface area contributed by atoms with E-state index in [9.17, 15) is 9.90 Å². The van der Waals surface area contributed by atoms with Crippen LogP contribution in [0.4, 0.5) is 0 Å². The Bertz CT molecular complexity index is 242. The van der Waals surface area contributed by atoms with Gasteiger partial charge in [0.1, 0.15) is 0 Å². The summed E-state index contributed by atoms with van der Waals surface area (Å²) in [5.74, 6) is 0.611. The fourth-order valence-electron chi connectivity index (χ4n) is 3.17. The Hall–Kier alpha value is -0.570. The van der Waals surface area contributed by atoms with E-state index in [2.05, 4.69) is 0 Å². The molecule has 3 nitrogen and oxygen atoms in total. The van der Waals surface area contributed by atoms with E-state index in [1.807, 2.05) is 11.8 Å². The van der Waals surface area contributed by atoms with E-state index in [0.717, 1.165) is 38.6 Å². The Labute approximate surface area is 91.5 Å². The molecule has 0 aromatic rings. The van der Waals surface area contributed by atoms with E-state index in [4.69, 9.17) is 0 Å². The predicted octanol–water partition coefficient (Wildman–Crippen LogP) is 1.55. The van der Waals surface area contributed by atoms with Crippen LogP contribution in [-0.4, -0.2) is 34.6 Å². The van der Waals surface area contributed by atoms with Crippen LogP contribution in [0.1, 0.15) is 45.4 Å². The Kier molecular flexibility index (Phi) is 3.29. The van der Waals surface area contributed by atoms with Gasteiger partial charge in [-0.2, -0.15) is 0 Å². The number of hydrogen-bond donors (Lipinski definition) is 1. The van der Waals surface area contributed by atoms with Gasteiger partial charge >= 0.3 is 0 Å². The van der Waals surface area contributed by atoms with E-state index in [-0.39, 0.29) is 12.0 Å².